The Morgan fingerprint density at radius 1 is 1.56 bits per heavy atom. The van der Waals surface area contributed by atoms with Gasteiger partial charge in [0.1, 0.15) is 17.9 Å². The molecule has 0 radical (unpaired) electrons. The average Bonchev–Trinajstić information content (AvgIpc) is 2.51. The lowest BCUT2D eigenvalue weighted by Gasteiger charge is -2.21. The molecule has 0 spiro atoms. The number of nitrogens with one attached hydrogen (secondary N) is 1. The third-order valence-electron chi connectivity index (χ3n) is 2.15. The Labute approximate surface area is 106 Å². The second-order valence-electron chi connectivity index (χ2n) is 5.13. The number of alkyl carbamates (subject to hydrolysis) is 1. The zero-order valence-electron chi connectivity index (χ0n) is 11.4. The Morgan fingerprint density at radius 3 is 2.56 bits per heavy atom. The molecule has 1 atom stereocenters. The van der Waals surface area contributed by atoms with Crippen molar-refractivity contribution in [3.05, 3.63) is 17.5 Å². The first-order valence-corrected chi connectivity index (χ1v) is 5.68. The predicted molar refractivity (Wildman–Crippen MR) is 66.1 cm³/mol. The third kappa shape index (κ3) is 3.87. The molecule has 0 aromatic carbocycles. The molecular formula is C12H19N3O3. The summed E-state index contributed by atoms with van der Waals surface area (Å²) in [6.07, 6.45) is 1.78. The van der Waals surface area contributed by atoms with E-state index in [4.69, 9.17) is 4.74 Å². The number of aromatic nitrogens is 2. The van der Waals surface area contributed by atoms with E-state index in [0.29, 0.717) is 12.0 Å². The van der Waals surface area contributed by atoms with E-state index >= 15 is 0 Å². The molecule has 1 rings (SSSR count). The Balaban J connectivity index is 2.77. The highest BCUT2D eigenvalue weighted by molar-refractivity contribution is 5.74. The number of hydrogen-bond donors (Lipinski definition) is 1. The summed E-state index contributed by atoms with van der Waals surface area (Å²) in [4.78, 5) is 22.6. The molecule has 0 aliphatic carbocycles. The summed E-state index contributed by atoms with van der Waals surface area (Å²) in [5.74, 6) is 0. The minimum atomic E-state index is -0.791. The molecule has 1 heterocycles. The first-order chi connectivity index (χ1) is 8.23. The Hall–Kier alpha value is -1.85. The minimum absolute atomic E-state index is 0.526. The van der Waals surface area contributed by atoms with Crippen LogP contribution in [0.5, 0.6) is 0 Å². The average molecular weight is 253 g/mol. The lowest BCUT2D eigenvalue weighted by atomic mass is 10.1. The molecule has 1 N–H and O–H groups in total. The molecule has 100 valence electrons. The van der Waals surface area contributed by atoms with Gasteiger partial charge in [-0.15, -0.1) is 0 Å². The maximum Gasteiger partial charge on any atom is 0.408 e. The topological polar surface area (TPSA) is 73.2 Å². The first-order valence-electron chi connectivity index (χ1n) is 5.68. The van der Waals surface area contributed by atoms with Crippen molar-refractivity contribution in [2.24, 2.45) is 7.05 Å². The summed E-state index contributed by atoms with van der Waals surface area (Å²) in [7, 11) is 1.76. The summed E-state index contributed by atoms with van der Waals surface area (Å²) in [6, 6.07) is -0.791. The molecule has 6 nitrogen and oxygen atoms in total. The molecule has 1 aromatic rings. The van der Waals surface area contributed by atoms with Crippen LogP contribution in [0.3, 0.4) is 0 Å². The van der Waals surface area contributed by atoms with Crippen LogP contribution < -0.4 is 5.32 Å². The number of aldehydes is 1. The minimum Gasteiger partial charge on any atom is -0.444 e. The summed E-state index contributed by atoms with van der Waals surface area (Å²) >= 11 is 0. The lowest BCUT2D eigenvalue weighted by Crippen LogP contribution is -2.36. The maximum atomic E-state index is 11.6. The van der Waals surface area contributed by atoms with Gasteiger partial charge in [0.05, 0.1) is 5.69 Å². The second kappa shape index (κ2) is 5.20. The highest BCUT2D eigenvalue weighted by atomic mass is 16.6. The first kappa shape index (κ1) is 14.2. The van der Waals surface area contributed by atoms with E-state index in [2.05, 4.69) is 10.4 Å². The summed E-state index contributed by atoms with van der Waals surface area (Å²) in [6.45, 7) is 7.10. The standard InChI is InChI=1S/C12H19N3O3/c1-8-6-15(5)14-10(8)9(7-16)13-11(17)18-12(2,3)4/h6-7,9H,1-5H3,(H,13,17). The van der Waals surface area contributed by atoms with Crippen LogP contribution in [0.1, 0.15) is 38.1 Å². The van der Waals surface area contributed by atoms with Crippen LogP contribution in [-0.4, -0.2) is 27.8 Å². The number of rotatable bonds is 3. The number of hydrogen-bond acceptors (Lipinski definition) is 4. The van der Waals surface area contributed by atoms with Crippen molar-refractivity contribution >= 4 is 12.4 Å². The monoisotopic (exact) mass is 253 g/mol. The van der Waals surface area contributed by atoms with E-state index in [1.165, 1.54) is 0 Å². The van der Waals surface area contributed by atoms with Gasteiger partial charge in [-0.3, -0.25) is 4.68 Å². The second-order valence-corrected chi connectivity index (χ2v) is 5.13. The Kier molecular flexibility index (Phi) is 4.11. The van der Waals surface area contributed by atoms with E-state index in [0.717, 1.165) is 5.56 Å². The van der Waals surface area contributed by atoms with E-state index in [9.17, 15) is 9.59 Å². The molecule has 0 saturated heterocycles. The molecule has 0 aliphatic rings. The maximum absolute atomic E-state index is 11.6. The van der Waals surface area contributed by atoms with E-state index in [1.54, 1.807) is 38.7 Å². The molecule has 1 unspecified atom stereocenters. The fourth-order valence-electron chi connectivity index (χ4n) is 1.53. The number of nitrogens with zero attached hydrogens (tertiary/aromatic N) is 2. The summed E-state index contributed by atoms with van der Waals surface area (Å²) < 4.78 is 6.69. The van der Waals surface area contributed by atoms with Crippen LogP contribution in [0.4, 0.5) is 4.79 Å². The Bertz CT molecular complexity index is 446. The highest BCUT2D eigenvalue weighted by Crippen LogP contribution is 2.14. The molecule has 18 heavy (non-hydrogen) atoms. The van der Waals surface area contributed by atoms with E-state index < -0.39 is 17.7 Å². The molecule has 0 bridgehead atoms. The Morgan fingerprint density at radius 2 is 2.17 bits per heavy atom. The lowest BCUT2D eigenvalue weighted by molar-refractivity contribution is -0.109. The number of aryl methyl sites for hydroxylation is 2. The third-order valence-corrected chi connectivity index (χ3v) is 2.15. The van der Waals surface area contributed by atoms with Crippen LogP contribution >= 0.6 is 0 Å². The van der Waals surface area contributed by atoms with Crippen LogP contribution in [0.25, 0.3) is 0 Å². The van der Waals surface area contributed by atoms with Crippen molar-refractivity contribution in [1.29, 1.82) is 0 Å². The van der Waals surface area contributed by atoms with Crippen LogP contribution in [0, 0.1) is 6.92 Å². The molecule has 1 aromatic heterocycles. The van der Waals surface area contributed by atoms with E-state index in [-0.39, 0.29) is 0 Å². The van der Waals surface area contributed by atoms with Gasteiger partial charge in [-0.25, -0.2) is 4.79 Å². The van der Waals surface area contributed by atoms with Gasteiger partial charge in [0.25, 0.3) is 0 Å². The van der Waals surface area contributed by atoms with Gasteiger partial charge in [-0.1, -0.05) is 0 Å². The van der Waals surface area contributed by atoms with Crippen molar-refractivity contribution < 1.29 is 14.3 Å². The summed E-state index contributed by atoms with van der Waals surface area (Å²) in [5, 5.41) is 6.63. The largest absolute Gasteiger partial charge is 0.444 e. The molecular weight excluding hydrogens is 234 g/mol. The quantitative estimate of drug-likeness (QED) is 0.828. The van der Waals surface area contributed by atoms with Crippen molar-refractivity contribution in [3.63, 3.8) is 0 Å². The zero-order valence-corrected chi connectivity index (χ0v) is 11.4. The number of ether oxygens (including phenoxy) is 1. The smallest absolute Gasteiger partial charge is 0.408 e. The van der Waals surface area contributed by atoms with Crippen LogP contribution in [0.2, 0.25) is 0 Å². The predicted octanol–water partition coefficient (Wildman–Crippen LogP) is 1.49. The number of carbonyl (C=O) groups excluding carboxylic acids is 2. The zero-order chi connectivity index (χ0) is 13.9. The fourth-order valence-corrected chi connectivity index (χ4v) is 1.53. The molecule has 1 amide bonds. The summed E-state index contributed by atoms with van der Waals surface area (Å²) in [5.41, 5.74) is 0.764. The van der Waals surface area contributed by atoms with Crippen molar-refractivity contribution in [1.82, 2.24) is 15.1 Å². The number of amides is 1. The van der Waals surface area contributed by atoms with Gasteiger partial charge in [0.15, 0.2) is 0 Å². The molecule has 6 heteroatoms. The highest BCUT2D eigenvalue weighted by Gasteiger charge is 2.22. The van der Waals surface area contributed by atoms with Gasteiger partial charge in [0, 0.05) is 13.2 Å². The number of carbonyl (C=O) groups is 2. The normalized spacial score (nSPS) is 12.9. The SMILES string of the molecule is Cc1cn(C)nc1C(C=O)NC(=O)OC(C)(C)C. The van der Waals surface area contributed by atoms with Gasteiger partial charge in [-0.05, 0) is 33.3 Å². The van der Waals surface area contributed by atoms with Gasteiger partial charge in [-0.2, -0.15) is 5.10 Å². The van der Waals surface area contributed by atoms with Crippen molar-refractivity contribution in [3.8, 4) is 0 Å². The van der Waals surface area contributed by atoms with Gasteiger partial charge in [0.2, 0.25) is 0 Å². The van der Waals surface area contributed by atoms with E-state index in [1.807, 2.05) is 6.92 Å². The van der Waals surface area contributed by atoms with Gasteiger partial charge < -0.3 is 14.8 Å². The molecule has 0 fully saturated rings. The fraction of sp³-hybridized carbons (Fsp3) is 0.583. The van der Waals surface area contributed by atoms with Crippen LogP contribution in [-0.2, 0) is 16.6 Å². The van der Waals surface area contributed by atoms with Crippen LogP contribution in [0.15, 0.2) is 6.20 Å². The van der Waals surface area contributed by atoms with Crippen molar-refractivity contribution in [2.45, 2.75) is 39.3 Å². The molecule has 0 saturated carbocycles. The van der Waals surface area contributed by atoms with Gasteiger partial charge >= 0.3 is 6.09 Å². The van der Waals surface area contributed by atoms with Crippen molar-refractivity contribution in [2.75, 3.05) is 0 Å². The molecule has 0 aliphatic heterocycles.